The van der Waals surface area contributed by atoms with E-state index in [2.05, 4.69) is 11.4 Å². The van der Waals surface area contributed by atoms with Gasteiger partial charge in [-0.25, -0.2) is 0 Å². The average Bonchev–Trinajstić information content (AvgIpc) is 3.08. The number of nitro benzene ring substituents is 1. The maximum absolute atomic E-state index is 10.6. The van der Waals surface area contributed by atoms with Gasteiger partial charge in [0.2, 0.25) is 0 Å². The fraction of sp³-hybridized carbons (Fsp3) is 0.364. The predicted molar refractivity (Wildman–Crippen MR) is 59.2 cm³/mol. The van der Waals surface area contributed by atoms with Crippen LogP contribution in [0.4, 0.5) is 5.69 Å². The van der Waals surface area contributed by atoms with Gasteiger partial charge >= 0.3 is 0 Å². The first-order valence-corrected chi connectivity index (χ1v) is 5.19. The van der Waals surface area contributed by atoms with Crippen LogP contribution in [0.1, 0.15) is 18.4 Å². The number of nitro groups is 1. The summed E-state index contributed by atoms with van der Waals surface area (Å²) in [7, 11) is 0. The topological polar surface area (TPSA) is 99.2 Å². The van der Waals surface area contributed by atoms with Crippen molar-refractivity contribution >= 4 is 5.69 Å². The molecule has 0 bridgehead atoms. The number of rotatable bonds is 4. The fourth-order valence-electron chi connectivity index (χ4n) is 1.54. The molecule has 6 heteroatoms. The molecule has 0 aromatic heterocycles. The molecule has 0 saturated heterocycles. The highest BCUT2D eigenvalue weighted by molar-refractivity contribution is 5.43. The molecule has 0 aliphatic heterocycles. The van der Waals surface area contributed by atoms with Crippen molar-refractivity contribution in [2.75, 3.05) is 0 Å². The lowest BCUT2D eigenvalue weighted by Gasteiger charge is -2.09. The van der Waals surface area contributed by atoms with Crippen molar-refractivity contribution in [3.63, 3.8) is 0 Å². The summed E-state index contributed by atoms with van der Waals surface area (Å²) in [5.41, 5.74) is -0.140. The van der Waals surface area contributed by atoms with E-state index in [4.69, 9.17) is 5.26 Å². The third kappa shape index (κ3) is 2.34. The molecule has 1 aliphatic rings. The number of aromatic hydroxyl groups is 1. The minimum atomic E-state index is -0.514. The third-order valence-electron chi connectivity index (χ3n) is 2.86. The van der Waals surface area contributed by atoms with Crippen molar-refractivity contribution in [3.8, 4) is 11.8 Å². The number of phenols is 1. The second-order valence-electron chi connectivity index (χ2n) is 4.12. The molecule has 1 aliphatic carbocycles. The van der Waals surface area contributed by atoms with E-state index in [-0.39, 0.29) is 18.0 Å². The lowest BCUT2D eigenvalue weighted by Crippen LogP contribution is -2.28. The first-order valence-electron chi connectivity index (χ1n) is 5.19. The first-order chi connectivity index (χ1) is 8.06. The summed E-state index contributed by atoms with van der Waals surface area (Å²) < 4.78 is 0. The fourth-order valence-corrected chi connectivity index (χ4v) is 1.54. The van der Waals surface area contributed by atoms with Gasteiger partial charge in [-0.15, -0.1) is 0 Å². The van der Waals surface area contributed by atoms with Gasteiger partial charge < -0.3 is 5.11 Å². The van der Waals surface area contributed by atoms with Gasteiger partial charge in [-0.2, -0.15) is 5.26 Å². The molecule has 2 rings (SSSR count). The molecular weight excluding hydrogens is 222 g/mol. The van der Waals surface area contributed by atoms with Crippen LogP contribution >= 0.6 is 0 Å². The molecule has 1 aromatic rings. The Balaban J connectivity index is 2.12. The van der Waals surface area contributed by atoms with E-state index in [1.807, 2.05) is 0 Å². The molecule has 17 heavy (non-hydrogen) atoms. The molecule has 1 fully saturated rings. The number of nitriles is 1. The number of benzene rings is 1. The van der Waals surface area contributed by atoms with E-state index < -0.39 is 10.5 Å². The van der Waals surface area contributed by atoms with E-state index in [0.29, 0.717) is 5.56 Å². The quantitative estimate of drug-likeness (QED) is 0.605. The van der Waals surface area contributed by atoms with Crippen LogP contribution in [0, 0.1) is 21.4 Å². The van der Waals surface area contributed by atoms with Gasteiger partial charge in [-0.3, -0.25) is 15.4 Å². The Morgan fingerprint density at radius 2 is 2.29 bits per heavy atom. The Morgan fingerprint density at radius 3 is 2.82 bits per heavy atom. The van der Waals surface area contributed by atoms with E-state index >= 15 is 0 Å². The zero-order chi connectivity index (χ0) is 12.5. The number of nitrogens with zero attached hydrogens (tertiary/aromatic N) is 2. The highest BCUT2D eigenvalue weighted by Crippen LogP contribution is 2.35. The highest BCUT2D eigenvalue weighted by Gasteiger charge is 2.42. The summed E-state index contributed by atoms with van der Waals surface area (Å²) in [6.45, 7) is 0.251. The molecule has 0 atom stereocenters. The molecule has 88 valence electrons. The van der Waals surface area contributed by atoms with Crippen molar-refractivity contribution in [1.29, 1.82) is 5.26 Å². The standard InChI is InChI=1S/C11H11N3O3/c12-7-11(3-4-11)13-6-8-5-9(14(16)17)1-2-10(8)15/h1-2,5,13,15H,3-4,6H2. The second-order valence-corrected chi connectivity index (χ2v) is 4.12. The molecule has 1 saturated carbocycles. The van der Waals surface area contributed by atoms with Crippen LogP contribution in [0.25, 0.3) is 0 Å². The molecule has 2 N–H and O–H groups in total. The summed E-state index contributed by atoms with van der Waals surface area (Å²) in [5.74, 6) is -0.00293. The number of non-ortho nitro benzene ring substituents is 1. The predicted octanol–water partition coefficient (Wildman–Crippen LogP) is 1.45. The average molecular weight is 233 g/mol. The maximum Gasteiger partial charge on any atom is 0.270 e. The zero-order valence-electron chi connectivity index (χ0n) is 9.01. The van der Waals surface area contributed by atoms with Gasteiger partial charge in [-0.1, -0.05) is 0 Å². The van der Waals surface area contributed by atoms with E-state index in [1.165, 1.54) is 18.2 Å². The molecular formula is C11H11N3O3. The van der Waals surface area contributed by atoms with Crippen molar-refractivity contribution in [2.24, 2.45) is 0 Å². The van der Waals surface area contributed by atoms with Crippen LogP contribution in [-0.2, 0) is 6.54 Å². The van der Waals surface area contributed by atoms with Gasteiger partial charge in [0, 0.05) is 24.2 Å². The first kappa shape index (κ1) is 11.4. The molecule has 1 aromatic carbocycles. The molecule has 0 amide bonds. The summed E-state index contributed by atoms with van der Waals surface area (Å²) >= 11 is 0. The SMILES string of the molecule is N#CC1(NCc2cc([N+](=O)[O-])ccc2O)CC1. The third-order valence-corrected chi connectivity index (χ3v) is 2.86. The van der Waals surface area contributed by atoms with Crippen molar-refractivity contribution in [3.05, 3.63) is 33.9 Å². The van der Waals surface area contributed by atoms with Gasteiger partial charge in [0.15, 0.2) is 0 Å². The number of hydrogen-bond donors (Lipinski definition) is 2. The van der Waals surface area contributed by atoms with Crippen molar-refractivity contribution in [2.45, 2.75) is 24.9 Å². The Bertz CT molecular complexity index is 503. The van der Waals surface area contributed by atoms with Crippen LogP contribution in [0.5, 0.6) is 5.75 Å². The van der Waals surface area contributed by atoms with Crippen LogP contribution in [0.2, 0.25) is 0 Å². The monoisotopic (exact) mass is 233 g/mol. The Morgan fingerprint density at radius 1 is 1.59 bits per heavy atom. The van der Waals surface area contributed by atoms with E-state index in [0.717, 1.165) is 12.8 Å². The van der Waals surface area contributed by atoms with Crippen molar-refractivity contribution < 1.29 is 10.0 Å². The van der Waals surface area contributed by atoms with Gasteiger partial charge in [0.1, 0.15) is 11.3 Å². The van der Waals surface area contributed by atoms with Crippen LogP contribution < -0.4 is 5.32 Å². The molecule has 0 radical (unpaired) electrons. The lowest BCUT2D eigenvalue weighted by atomic mass is 10.1. The summed E-state index contributed by atoms with van der Waals surface area (Å²) in [6.07, 6.45) is 1.55. The van der Waals surface area contributed by atoms with Gasteiger partial charge in [0.05, 0.1) is 11.0 Å². The highest BCUT2D eigenvalue weighted by atomic mass is 16.6. The number of phenolic OH excluding ortho intramolecular Hbond substituents is 1. The number of nitrogens with one attached hydrogen (secondary N) is 1. The van der Waals surface area contributed by atoms with Gasteiger partial charge in [0.25, 0.3) is 5.69 Å². The van der Waals surface area contributed by atoms with E-state index in [9.17, 15) is 15.2 Å². The minimum absolute atomic E-state index is 0.00293. The Labute approximate surface area is 97.6 Å². The van der Waals surface area contributed by atoms with Crippen molar-refractivity contribution in [1.82, 2.24) is 5.32 Å². The summed E-state index contributed by atoms with van der Waals surface area (Å²) in [5, 5.41) is 32.0. The van der Waals surface area contributed by atoms with Crippen LogP contribution in [-0.4, -0.2) is 15.6 Å². The zero-order valence-corrected chi connectivity index (χ0v) is 9.01. The summed E-state index contributed by atoms with van der Waals surface area (Å²) in [6, 6.07) is 6.01. The van der Waals surface area contributed by atoms with Crippen LogP contribution in [0.15, 0.2) is 18.2 Å². The largest absolute Gasteiger partial charge is 0.508 e. The van der Waals surface area contributed by atoms with E-state index in [1.54, 1.807) is 0 Å². The molecule has 0 heterocycles. The van der Waals surface area contributed by atoms with Gasteiger partial charge in [-0.05, 0) is 18.9 Å². The molecule has 6 nitrogen and oxygen atoms in total. The second kappa shape index (κ2) is 4.03. The maximum atomic E-state index is 10.6. The molecule has 0 spiro atoms. The smallest absolute Gasteiger partial charge is 0.270 e. The molecule has 0 unspecified atom stereocenters. The lowest BCUT2D eigenvalue weighted by molar-refractivity contribution is -0.384. The summed E-state index contributed by atoms with van der Waals surface area (Å²) in [4.78, 5) is 10.1. The van der Waals surface area contributed by atoms with Crippen LogP contribution in [0.3, 0.4) is 0 Å². The Hall–Kier alpha value is -2.13. The Kier molecular flexibility index (Phi) is 2.69. The number of hydrogen-bond acceptors (Lipinski definition) is 5. The normalized spacial score (nSPS) is 16.2. The minimum Gasteiger partial charge on any atom is -0.508 e.